The Balaban J connectivity index is 0.00000176. The Kier molecular flexibility index (Phi) is 9.96. The van der Waals surface area contributed by atoms with E-state index in [1.54, 1.807) is 12.3 Å². The average molecular weight is 483 g/mol. The molecule has 0 spiro atoms. The molecule has 0 saturated carbocycles. The quantitative estimate of drug-likeness (QED) is 0.438. The zero-order valence-corrected chi connectivity index (χ0v) is 20.1. The lowest BCUT2D eigenvalue weighted by Crippen LogP contribution is -2.31. The Morgan fingerprint density at radius 3 is 2.66 bits per heavy atom. The van der Waals surface area contributed by atoms with E-state index < -0.39 is 17.8 Å². The molecule has 0 aliphatic carbocycles. The van der Waals surface area contributed by atoms with Gasteiger partial charge in [-0.15, -0.1) is 23.4 Å². The van der Waals surface area contributed by atoms with Gasteiger partial charge in [0.15, 0.2) is 5.78 Å². The zero-order valence-electron chi connectivity index (χ0n) is 18.6. The van der Waals surface area contributed by atoms with Gasteiger partial charge in [0.1, 0.15) is 18.5 Å². The van der Waals surface area contributed by atoms with E-state index in [9.17, 15) is 19.1 Å². The second-order valence-electron chi connectivity index (χ2n) is 6.88. The number of anilines is 1. The summed E-state index contributed by atoms with van der Waals surface area (Å²) >= 11 is 7.50. The molecule has 0 radical (unpaired) electrons. The maximum Gasteiger partial charge on any atom is 0.250 e. The summed E-state index contributed by atoms with van der Waals surface area (Å²) in [6.07, 6.45) is 3.20. The molecule has 1 aromatic carbocycles. The maximum atomic E-state index is 14.5. The number of rotatable bonds is 2. The molecule has 0 saturated heterocycles. The Bertz CT molecular complexity index is 975. The standard InChI is InChI=1S/C21H22ClFN2O4S.C2H6/c1-11-8-25-21(28)15-9-29-10-18(26)20(27)12(15)3-4-24-17-6-16(23)19(30-2)5-13(17)14(11)7-22;1-2/h3-6,20,24,27H,7-10H2,1-2H3,(H,25,28);1-2H3/b4-3+,14-11+;. The van der Waals surface area contributed by atoms with E-state index in [1.807, 2.05) is 20.8 Å². The molecular weight excluding hydrogens is 455 g/mol. The van der Waals surface area contributed by atoms with E-state index in [1.165, 1.54) is 30.1 Å². The fraction of sp³-hybridized carbons (Fsp3) is 0.391. The first-order valence-corrected chi connectivity index (χ1v) is 12.0. The van der Waals surface area contributed by atoms with Crippen molar-refractivity contribution in [2.75, 3.05) is 37.2 Å². The highest BCUT2D eigenvalue weighted by Gasteiger charge is 2.28. The number of alkyl halides is 1. The number of Topliss-reactive ketones (excluding diaryl/α,β-unsaturated/α-hetero) is 1. The van der Waals surface area contributed by atoms with Crippen LogP contribution in [0.1, 0.15) is 26.3 Å². The van der Waals surface area contributed by atoms with Crippen LogP contribution in [0, 0.1) is 5.82 Å². The van der Waals surface area contributed by atoms with Crippen molar-refractivity contribution in [2.24, 2.45) is 0 Å². The Morgan fingerprint density at radius 2 is 2.00 bits per heavy atom. The average Bonchev–Trinajstić information content (AvgIpc) is 2.93. The minimum absolute atomic E-state index is 0.109. The third kappa shape index (κ3) is 5.81. The summed E-state index contributed by atoms with van der Waals surface area (Å²) in [5.74, 6) is -1.20. The normalized spacial score (nSPS) is 22.7. The van der Waals surface area contributed by atoms with Crippen LogP contribution in [0.15, 0.2) is 46.0 Å². The number of ketones is 1. The van der Waals surface area contributed by atoms with Crippen LogP contribution in [0.5, 0.6) is 0 Å². The Labute approximate surface area is 196 Å². The molecule has 1 amide bonds. The highest BCUT2D eigenvalue weighted by atomic mass is 35.5. The summed E-state index contributed by atoms with van der Waals surface area (Å²) < 4.78 is 19.7. The SMILES string of the molecule is CC.CSc1cc2c(cc1F)N/C=C/C1=C(COCC(=O)C1O)C(=O)NC/C(C)=C/2CCl. The lowest BCUT2D eigenvalue weighted by molar-refractivity contribution is -0.129. The van der Waals surface area contributed by atoms with Crippen LogP contribution in [0.4, 0.5) is 10.1 Å². The monoisotopic (exact) mass is 482 g/mol. The number of fused-ring (bicyclic) bond motifs is 1. The summed E-state index contributed by atoms with van der Waals surface area (Å²) in [5, 5.41) is 16.2. The highest BCUT2D eigenvalue weighted by Crippen LogP contribution is 2.34. The topological polar surface area (TPSA) is 87.7 Å². The first-order valence-electron chi connectivity index (χ1n) is 10.2. The first-order chi connectivity index (χ1) is 15.4. The number of amides is 1. The maximum absolute atomic E-state index is 14.5. The molecule has 174 valence electrons. The van der Waals surface area contributed by atoms with Gasteiger partial charge in [0.2, 0.25) is 5.91 Å². The largest absolute Gasteiger partial charge is 0.380 e. The smallest absolute Gasteiger partial charge is 0.250 e. The summed E-state index contributed by atoms with van der Waals surface area (Å²) in [6, 6.07) is 3.09. The molecule has 2 heterocycles. The van der Waals surface area contributed by atoms with Crippen LogP contribution in [-0.2, 0) is 14.3 Å². The molecule has 2 aliphatic heterocycles. The Hall–Kier alpha value is -2.13. The zero-order chi connectivity index (χ0) is 23.8. The van der Waals surface area contributed by atoms with Crippen molar-refractivity contribution in [2.45, 2.75) is 31.8 Å². The molecule has 0 bridgehead atoms. The van der Waals surface area contributed by atoms with E-state index in [2.05, 4.69) is 10.6 Å². The number of nitrogens with one attached hydrogen (secondary N) is 2. The number of halogens is 2. The van der Waals surface area contributed by atoms with Crippen LogP contribution >= 0.6 is 23.4 Å². The predicted octanol–water partition coefficient (Wildman–Crippen LogP) is 3.90. The van der Waals surface area contributed by atoms with Crippen molar-refractivity contribution in [3.05, 3.63) is 52.5 Å². The minimum Gasteiger partial charge on any atom is -0.380 e. The van der Waals surface area contributed by atoms with Crippen LogP contribution in [0.25, 0.3) is 5.57 Å². The molecule has 0 aromatic heterocycles. The van der Waals surface area contributed by atoms with Crippen LogP contribution < -0.4 is 10.6 Å². The number of carbonyl (C=O) groups excluding carboxylic acids is 2. The third-order valence-electron chi connectivity index (χ3n) is 4.99. The fourth-order valence-corrected chi connectivity index (χ4v) is 4.15. The summed E-state index contributed by atoms with van der Waals surface area (Å²) in [7, 11) is 0. The number of ether oxygens (including phenoxy) is 1. The molecule has 1 unspecified atom stereocenters. The molecule has 32 heavy (non-hydrogen) atoms. The van der Waals surface area contributed by atoms with Gasteiger partial charge in [-0.05, 0) is 42.5 Å². The lowest BCUT2D eigenvalue weighted by Gasteiger charge is -2.19. The number of carbonyl (C=O) groups is 2. The van der Waals surface area contributed by atoms with Gasteiger partial charge in [-0.3, -0.25) is 9.59 Å². The molecule has 9 heteroatoms. The van der Waals surface area contributed by atoms with E-state index >= 15 is 0 Å². The number of hydrogen-bond donors (Lipinski definition) is 3. The molecule has 1 aromatic rings. The second-order valence-corrected chi connectivity index (χ2v) is 8.00. The van der Waals surface area contributed by atoms with E-state index in [-0.39, 0.29) is 42.6 Å². The van der Waals surface area contributed by atoms with Crippen molar-refractivity contribution in [1.82, 2.24) is 5.32 Å². The summed E-state index contributed by atoms with van der Waals surface area (Å²) in [4.78, 5) is 25.3. The van der Waals surface area contributed by atoms with E-state index in [0.717, 1.165) is 11.1 Å². The van der Waals surface area contributed by atoms with E-state index in [4.69, 9.17) is 16.3 Å². The predicted molar refractivity (Wildman–Crippen MR) is 127 cm³/mol. The summed E-state index contributed by atoms with van der Waals surface area (Å²) in [5.41, 5.74) is 3.07. The lowest BCUT2D eigenvalue weighted by atomic mass is 9.98. The van der Waals surface area contributed by atoms with Gasteiger partial charge in [-0.2, -0.15) is 0 Å². The molecule has 3 N–H and O–H groups in total. The van der Waals surface area contributed by atoms with Crippen LogP contribution in [0.3, 0.4) is 0 Å². The third-order valence-corrected chi connectivity index (χ3v) is 6.01. The minimum atomic E-state index is -1.49. The number of aliphatic hydroxyl groups excluding tert-OH is 1. The number of thioether (sulfide) groups is 1. The molecular formula is C23H28ClFN2O4S. The van der Waals surface area contributed by atoms with Crippen molar-refractivity contribution in [3.8, 4) is 0 Å². The van der Waals surface area contributed by atoms with Crippen molar-refractivity contribution >= 4 is 46.3 Å². The number of aliphatic hydroxyl groups is 1. The fourth-order valence-electron chi connectivity index (χ4n) is 3.29. The first kappa shape index (κ1) is 26.1. The van der Waals surface area contributed by atoms with Gasteiger partial charge in [-0.25, -0.2) is 4.39 Å². The van der Waals surface area contributed by atoms with Crippen molar-refractivity contribution in [1.29, 1.82) is 0 Å². The van der Waals surface area contributed by atoms with Gasteiger partial charge in [-0.1, -0.05) is 13.8 Å². The molecule has 0 fully saturated rings. The number of allylic oxidation sites excluding steroid dienone is 1. The highest BCUT2D eigenvalue weighted by molar-refractivity contribution is 7.98. The number of benzene rings is 1. The number of hydrogen-bond acceptors (Lipinski definition) is 6. The van der Waals surface area contributed by atoms with E-state index in [0.29, 0.717) is 16.1 Å². The van der Waals surface area contributed by atoms with Gasteiger partial charge in [0, 0.05) is 45.9 Å². The van der Waals surface area contributed by atoms with Gasteiger partial charge in [0.25, 0.3) is 0 Å². The van der Waals surface area contributed by atoms with Crippen LogP contribution in [-0.4, -0.2) is 54.8 Å². The van der Waals surface area contributed by atoms with Gasteiger partial charge < -0.3 is 20.5 Å². The van der Waals surface area contributed by atoms with Gasteiger partial charge in [0.05, 0.1) is 6.61 Å². The second kappa shape index (κ2) is 12.2. The molecule has 1 atom stereocenters. The van der Waals surface area contributed by atoms with Crippen molar-refractivity contribution in [3.63, 3.8) is 0 Å². The Morgan fingerprint density at radius 1 is 1.28 bits per heavy atom. The van der Waals surface area contributed by atoms with Gasteiger partial charge >= 0.3 is 0 Å². The molecule has 3 rings (SSSR count). The molecule has 6 nitrogen and oxygen atoms in total. The van der Waals surface area contributed by atoms with Crippen molar-refractivity contribution < 1.29 is 23.8 Å². The summed E-state index contributed by atoms with van der Waals surface area (Å²) in [6.45, 7) is 5.63. The van der Waals surface area contributed by atoms with Crippen LogP contribution in [0.2, 0.25) is 0 Å². The molecule has 2 aliphatic rings.